The molecule has 0 amide bonds. The largest absolute Gasteiger partial charge is 0.394 e. The third-order valence-electron chi connectivity index (χ3n) is 4.36. The average molecular weight is 427 g/mol. The number of thiophene rings is 1. The number of aliphatic hydroxyl groups excluding tert-OH is 1. The Morgan fingerprint density at radius 1 is 1.38 bits per heavy atom. The lowest BCUT2D eigenvalue weighted by Gasteiger charge is -2.18. The molecule has 7 nitrogen and oxygen atoms in total. The van der Waals surface area contributed by atoms with Crippen LogP contribution in [0.3, 0.4) is 0 Å². The van der Waals surface area contributed by atoms with Crippen LogP contribution in [-0.4, -0.2) is 46.0 Å². The summed E-state index contributed by atoms with van der Waals surface area (Å²) in [5.41, 5.74) is 2.74. The third kappa shape index (κ3) is 5.14. The van der Waals surface area contributed by atoms with Crippen LogP contribution in [0, 0.1) is 4.78 Å². The highest BCUT2D eigenvalue weighted by molar-refractivity contribution is 7.92. The summed E-state index contributed by atoms with van der Waals surface area (Å²) >= 11 is 1.58. The van der Waals surface area contributed by atoms with Gasteiger partial charge in [0.2, 0.25) is 5.95 Å². The maximum Gasteiger partial charge on any atom is 0.229 e. The molecule has 2 radical (unpaired) electrons. The minimum atomic E-state index is -2.90. The van der Waals surface area contributed by atoms with Gasteiger partial charge in [-0.15, -0.1) is 0 Å². The van der Waals surface area contributed by atoms with Crippen LogP contribution >= 0.6 is 11.3 Å². The van der Waals surface area contributed by atoms with E-state index in [1.165, 1.54) is 6.26 Å². The number of aliphatic hydroxyl groups is 1. The molecule has 29 heavy (non-hydrogen) atoms. The lowest BCUT2D eigenvalue weighted by atomic mass is 9.96. The number of hydrogen-bond acceptors (Lipinski definition) is 8. The predicted molar refractivity (Wildman–Crippen MR) is 120 cm³/mol. The van der Waals surface area contributed by atoms with Gasteiger partial charge < -0.3 is 15.7 Å². The van der Waals surface area contributed by atoms with Crippen LogP contribution in [0.25, 0.3) is 11.1 Å². The molecular formula is C19H22BN5O2S2. The number of rotatable bonds is 8. The molecule has 1 unspecified atom stereocenters. The summed E-state index contributed by atoms with van der Waals surface area (Å²) in [5, 5.41) is 19.9. The number of anilines is 3. The molecule has 0 fully saturated rings. The Morgan fingerprint density at radius 2 is 2.17 bits per heavy atom. The second-order valence-electron chi connectivity index (χ2n) is 6.62. The highest BCUT2D eigenvalue weighted by Crippen LogP contribution is 2.29. The van der Waals surface area contributed by atoms with Crippen molar-refractivity contribution < 1.29 is 9.32 Å². The summed E-state index contributed by atoms with van der Waals surface area (Å²) in [6, 6.07) is 6.74. The molecule has 2 aromatic heterocycles. The molecule has 0 spiro atoms. The van der Waals surface area contributed by atoms with E-state index in [0.29, 0.717) is 22.3 Å². The molecule has 10 heteroatoms. The maximum absolute atomic E-state index is 11.9. The quantitative estimate of drug-likeness (QED) is 0.412. The molecule has 3 aromatic rings. The van der Waals surface area contributed by atoms with Gasteiger partial charge in [-0.1, -0.05) is 12.4 Å². The Labute approximate surface area is 176 Å². The normalized spacial score (nSPS) is 14.2. The molecule has 0 aliphatic heterocycles. The van der Waals surface area contributed by atoms with Gasteiger partial charge in [0.05, 0.1) is 22.4 Å². The Bertz CT molecular complexity index is 1080. The number of nitrogens with zero attached hydrogens (tertiary/aromatic N) is 2. The smallest absolute Gasteiger partial charge is 0.229 e. The first-order chi connectivity index (χ1) is 13.8. The first-order valence-corrected chi connectivity index (χ1v) is 11.9. The van der Waals surface area contributed by atoms with Gasteiger partial charge in [0.15, 0.2) is 0 Å². The summed E-state index contributed by atoms with van der Waals surface area (Å²) in [6.45, 7) is 1.98. The van der Waals surface area contributed by atoms with Crippen molar-refractivity contribution in [3.8, 4) is 11.1 Å². The van der Waals surface area contributed by atoms with Crippen molar-refractivity contribution in [2.45, 2.75) is 24.3 Å². The second-order valence-corrected chi connectivity index (χ2v) is 9.53. The van der Waals surface area contributed by atoms with Crippen molar-refractivity contribution in [2.75, 3.05) is 23.5 Å². The number of nitrogens with one attached hydrogen (secondary N) is 3. The van der Waals surface area contributed by atoms with Crippen molar-refractivity contribution in [1.29, 1.82) is 4.78 Å². The van der Waals surface area contributed by atoms with Gasteiger partial charge in [-0.05, 0) is 47.0 Å². The minimum Gasteiger partial charge on any atom is -0.394 e. The van der Waals surface area contributed by atoms with Crippen molar-refractivity contribution >= 4 is 51.8 Å². The molecule has 4 N–H and O–H groups in total. The molecule has 3 rings (SSSR count). The van der Waals surface area contributed by atoms with E-state index in [2.05, 4.69) is 20.6 Å². The van der Waals surface area contributed by atoms with Crippen LogP contribution in [0.4, 0.5) is 17.5 Å². The summed E-state index contributed by atoms with van der Waals surface area (Å²) < 4.78 is 19.6. The van der Waals surface area contributed by atoms with E-state index in [1.807, 2.05) is 23.8 Å². The Balaban J connectivity index is 1.93. The minimum absolute atomic E-state index is 0.00619. The van der Waals surface area contributed by atoms with Gasteiger partial charge in [0.25, 0.3) is 0 Å². The van der Waals surface area contributed by atoms with Crippen LogP contribution < -0.4 is 16.1 Å². The Hall–Kier alpha value is -2.43. The maximum atomic E-state index is 11.9. The predicted octanol–water partition coefficient (Wildman–Crippen LogP) is 2.96. The third-order valence-corrected chi connectivity index (χ3v) is 6.25. The van der Waals surface area contributed by atoms with E-state index >= 15 is 0 Å². The number of hydrogen-bond donors (Lipinski definition) is 4. The Morgan fingerprint density at radius 3 is 2.76 bits per heavy atom. The van der Waals surface area contributed by atoms with Crippen molar-refractivity contribution in [3.63, 3.8) is 0 Å². The zero-order valence-electron chi connectivity index (χ0n) is 16.2. The van der Waals surface area contributed by atoms with Crippen LogP contribution in [-0.2, 0) is 9.73 Å². The van der Waals surface area contributed by atoms with E-state index in [9.17, 15) is 9.32 Å². The number of benzene rings is 1. The van der Waals surface area contributed by atoms with Gasteiger partial charge in [0, 0.05) is 28.6 Å². The van der Waals surface area contributed by atoms with E-state index in [0.717, 1.165) is 17.5 Å². The molecule has 2 heterocycles. The van der Waals surface area contributed by atoms with Gasteiger partial charge in [-0.3, -0.25) is 0 Å². The average Bonchev–Trinajstić information content (AvgIpc) is 3.19. The molecule has 0 aliphatic rings. The van der Waals surface area contributed by atoms with E-state index in [-0.39, 0.29) is 18.1 Å². The van der Waals surface area contributed by atoms with E-state index in [1.54, 1.807) is 35.7 Å². The zero-order valence-corrected chi connectivity index (χ0v) is 17.8. The summed E-state index contributed by atoms with van der Waals surface area (Å²) in [5.74, 6) is 0.976. The van der Waals surface area contributed by atoms with Gasteiger partial charge in [-0.25, -0.2) is 14.0 Å². The fourth-order valence-corrected chi connectivity index (χ4v) is 4.25. The van der Waals surface area contributed by atoms with Crippen LogP contribution in [0.5, 0.6) is 0 Å². The van der Waals surface area contributed by atoms with Crippen molar-refractivity contribution in [3.05, 3.63) is 41.2 Å². The number of aromatic nitrogens is 2. The highest BCUT2D eigenvalue weighted by atomic mass is 32.2. The van der Waals surface area contributed by atoms with Crippen LogP contribution in [0.15, 0.2) is 46.1 Å². The molecule has 1 aromatic carbocycles. The summed E-state index contributed by atoms with van der Waals surface area (Å²) in [4.78, 5) is 9.28. The molecule has 2 atom stereocenters. The van der Waals surface area contributed by atoms with E-state index < -0.39 is 9.73 Å². The second kappa shape index (κ2) is 8.94. The monoisotopic (exact) mass is 427 g/mol. The van der Waals surface area contributed by atoms with Crippen LogP contribution in [0.1, 0.15) is 13.3 Å². The molecule has 0 bridgehead atoms. The standard InChI is InChI=1S/C19H22BN5O2S2/c1-3-13(10-26)23-18-15(12-6-7-28-11-12)9-22-19(25-18)24-14-4-5-17(16(20)8-14)29(2,21)27/h4-9,11,13,21,26H,3,10H2,1-2H3,(H2,22,23,24,25)/t13-,29?/m1/s1. The molecule has 0 aliphatic carbocycles. The van der Waals surface area contributed by atoms with Gasteiger partial charge in [-0.2, -0.15) is 16.3 Å². The fraction of sp³-hybridized carbons (Fsp3) is 0.263. The molecule has 0 saturated carbocycles. The van der Waals surface area contributed by atoms with Crippen molar-refractivity contribution in [2.24, 2.45) is 0 Å². The van der Waals surface area contributed by atoms with Crippen LogP contribution in [0.2, 0.25) is 0 Å². The first kappa shape index (κ1) is 21.3. The lowest BCUT2D eigenvalue weighted by Crippen LogP contribution is -2.24. The van der Waals surface area contributed by atoms with Crippen molar-refractivity contribution in [1.82, 2.24) is 9.97 Å². The summed E-state index contributed by atoms with van der Waals surface area (Å²) in [7, 11) is 3.07. The summed E-state index contributed by atoms with van der Waals surface area (Å²) in [6.07, 6.45) is 3.80. The zero-order chi connectivity index (χ0) is 21.0. The fourth-order valence-electron chi connectivity index (χ4n) is 2.76. The van der Waals surface area contributed by atoms with Gasteiger partial charge in [0.1, 0.15) is 13.7 Å². The van der Waals surface area contributed by atoms with Gasteiger partial charge >= 0.3 is 0 Å². The highest BCUT2D eigenvalue weighted by Gasteiger charge is 2.14. The van der Waals surface area contributed by atoms with E-state index in [4.69, 9.17) is 12.6 Å². The first-order valence-electron chi connectivity index (χ1n) is 8.99. The molecular weight excluding hydrogens is 405 g/mol. The molecule has 0 saturated heterocycles. The SMILES string of the molecule is [B]c1cc(Nc2ncc(-c3ccsc3)c(N[C@H](CC)CO)n2)ccc1S(C)(=N)=O. The Kier molecular flexibility index (Phi) is 6.56. The molecule has 150 valence electrons. The lowest BCUT2D eigenvalue weighted by molar-refractivity contribution is 0.271. The topological polar surface area (TPSA) is 111 Å².